The van der Waals surface area contributed by atoms with Gasteiger partial charge in [0.25, 0.3) is 0 Å². The van der Waals surface area contributed by atoms with Crippen molar-refractivity contribution in [3.63, 3.8) is 0 Å². The first-order valence-corrected chi connectivity index (χ1v) is 10.6. The molecule has 1 saturated heterocycles. The zero-order chi connectivity index (χ0) is 22.0. The molecule has 1 aromatic carbocycles. The van der Waals surface area contributed by atoms with E-state index < -0.39 is 39.9 Å². The smallest absolute Gasteiger partial charge is 0.492 e. The minimum atomic E-state index is -5.14. The van der Waals surface area contributed by atoms with E-state index in [1.807, 2.05) is 0 Å². The van der Waals surface area contributed by atoms with Crippen LogP contribution in [0, 0.1) is 11.7 Å². The Morgan fingerprint density at radius 2 is 1.93 bits per heavy atom. The van der Waals surface area contributed by atoms with Gasteiger partial charge in [-0.15, -0.1) is 5.06 Å². The minimum Gasteiger partial charge on any atom is -0.496 e. The van der Waals surface area contributed by atoms with Crippen molar-refractivity contribution >= 4 is 15.7 Å². The maximum Gasteiger partial charge on any atom is 0.492 e. The van der Waals surface area contributed by atoms with E-state index in [2.05, 4.69) is 32.5 Å². The second-order valence-electron chi connectivity index (χ2n) is 8.19. The lowest BCUT2D eigenvalue weighted by molar-refractivity contribution is -0.242. The third kappa shape index (κ3) is 5.92. The highest BCUT2D eigenvalue weighted by atomic mass is 28.2. The lowest BCUT2D eigenvalue weighted by atomic mass is 9.99. The molecule has 29 heavy (non-hydrogen) atoms. The number of rotatable bonds is 7. The van der Waals surface area contributed by atoms with E-state index in [1.54, 1.807) is 0 Å². The van der Waals surface area contributed by atoms with E-state index in [0.29, 0.717) is 17.2 Å². The van der Waals surface area contributed by atoms with Crippen molar-refractivity contribution in [2.75, 3.05) is 13.7 Å². The molecule has 0 radical (unpaired) electrons. The summed E-state index contributed by atoms with van der Waals surface area (Å²) in [5.41, 5.74) is 0.304. The van der Waals surface area contributed by atoms with Crippen LogP contribution in [0.15, 0.2) is 18.2 Å². The van der Waals surface area contributed by atoms with Crippen LogP contribution in [0.4, 0.5) is 17.6 Å². The molecule has 0 spiro atoms. The molecule has 10 heteroatoms. The number of carbonyl (C=O) groups excluding carboxylic acids is 1. The van der Waals surface area contributed by atoms with Gasteiger partial charge in [-0.05, 0) is 35.6 Å². The summed E-state index contributed by atoms with van der Waals surface area (Å²) in [5.74, 6) is -2.21. The monoisotopic (exact) mass is 437 g/mol. The first kappa shape index (κ1) is 23.6. The second-order valence-corrected chi connectivity index (χ2v) is 10.6. The second kappa shape index (κ2) is 9.01. The summed E-state index contributed by atoms with van der Waals surface area (Å²) in [7, 11) is 0.344. The predicted molar refractivity (Wildman–Crippen MR) is 101 cm³/mol. The van der Waals surface area contributed by atoms with Gasteiger partial charge in [0.15, 0.2) is 9.76 Å². The summed E-state index contributed by atoms with van der Waals surface area (Å²) in [6, 6.07) is 2.94. The molecule has 1 fully saturated rings. The van der Waals surface area contributed by atoms with Gasteiger partial charge < -0.3 is 14.0 Å². The largest absolute Gasteiger partial charge is 0.496 e. The number of halogens is 4. The fourth-order valence-corrected chi connectivity index (χ4v) is 4.14. The highest BCUT2D eigenvalue weighted by Gasteiger charge is 2.46. The van der Waals surface area contributed by atoms with Gasteiger partial charge in [0, 0.05) is 5.56 Å². The van der Waals surface area contributed by atoms with Gasteiger partial charge in [-0.2, -0.15) is 13.2 Å². The molecule has 0 aromatic heterocycles. The van der Waals surface area contributed by atoms with Crippen LogP contribution in [0.5, 0.6) is 5.75 Å². The molecule has 0 N–H and O–H groups in total. The molecule has 2 rings (SSSR count). The summed E-state index contributed by atoms with van der Waals surface area (Å²) in [4.78, 5) is 16.0. The van der Waals surface area contributed by atoms with Crippen molar-refractivity contribution in [2.24, 2.45) is 5.92 Å². The zero-order valence-electron chi connectivity index (χ0n) is 17.2. The molecule has 0 aliphatic carbocycles. The first-order valence-electron chi connectivity index (χ1n) is 9.36. The predicted octanol–water partition coefficient (Wildman–Crippen LogP) is 3.93. The Labute approximate surface area is 170 Å². The van der Waals surface area contributed by atoms with Crippen LogP contribution >= 0.6 is 0 Å². The molecule has 0 saturated carbocycles. The highest BCUT2D eigenvalue weighted by molar-refractivity contribution is 6.32. The van der Waals surface area contributed by atoms with E-state index in [4.69, 9.17) is 9.16 Å². The Morgan fingerprint density at radius 3 is 2.48 bits per heavy atom. The molecule has 5 nitrogen and oxygen atoms in total. The average Bonchev–Trinajstić information content (AvgIpc) is 3.01. The average molecular weight is 438 g/mol. The van der Waals surface area contributed by atoms with Crippen LogP contribution in [0.1, 0.15) is 45.7 Å². The Kier molecular flexibility index (Phi) is 7.34. The lowest BCUT2D eigenvalue weighted by Crippen LogP contribution is -2.36. The van der Waals surface area contributed by atoms with E-state index in [0.717, 1.165) is 5.06 Å². The zero-order valence-corrected chi connectivity index (χ0v) is 18.6. The molecule has 2 atom stereocenters. The summed E-state index contributed by atoms with van der Waals surface area (Å²) in [6.07, 6.45) is -5.31. The number of hydrogen-bond acceptors (Lipinski definition) is 5. The molecule has 2 unspecified atom stereocenters. The maximum absolute atomic E-state index is 13.8. The normalized spacial score (nSPS) is 21.3. The Balaban J connectivity index is 2.25. The third-order valence-corrected chi connectivity index (χ3v) is 7.65. The number of hydrogen-bond donors (Lipinski definition) is 0. The van der Waals surface area contributed by atoms with Gasteiger partial charge in [-0.3, -0.25) is 0 Å². The van der Waals surface area contributed by atoms with Gasteiger partial charge >= 0.3 is 12.1 Å². The van der Waals surface area contributed by atoms with Crippen LogP contribution in [0.25, 0.3) is 0 Å². The van der Waals surface area contributed by atoms with Gasteiger partial charge in [-0.1, -0.05) is 27.7 Å². The van der Waals surface area contributed by atoms with Crippen molar-refractivity contribution < 1.29 is 36.4 Å². The Bertz CT molecular complexity index is 727. The summed E-state index contributed by atoms with van der Waals surface area (Å²) in [6.45, 7) is 8.32. The topological polar surface area (TPSA) is 48.0 Å². The summed E-state index contributed by atoms with van der Waals surface area (Å²) in [5, 5.41) is 0.913. The van der Waals surface area contributed by atoms with Crippen molar-refractivity contribution in [3.8, 4) is 5.75 Å². The van der Waals surface area contributed by atoms with E-state index >= 15 is 0 Å². The van der Waals surface area contributed by atoms with E-state index in [-0.39, 0.29) is 18.0 Å². The number of methoxy groups -OCH3 is 1. The van der Waals surface area contributed by atoms with Crippen molar-refractivity contribution in [2.45, 2.75) is 57.5 Å². The first-order chi connectivity index (χ1) is 13.3. The van der Waals surface area contributed by atoms with Crippen LogP contribution in [0.3, 0.4) is 0 Å². The van der Waals surface area contributed by atoms with Gasteiger partial charge in [0.1, 0.15) is 11.6 Å². The third-order valence-electron chi connectivity index (χ3n) is 5.45. The van der Waals surface area contributed by atoms with E-state index in [9.17, 15) is 22.4 Å². The Morgan fingerprint density at radius 1 is 1.28 bits per heavy atom. The number of nitrogens with zero attached hydrogens (tertiary/aromatic N) is 1. The van der Waals surface area contributed by atoms with Crippen molar-refractivity contribution in [1.29, 1.82) is 0 Å². The molecule has 1 heterocycles. The number of hydroxylamine groups is 2. The summed E-state index contributed by atoms with van der Waals surface area (Å²) < 4.78 is 63.3. The van der Waals surface area contributed by atoms with Crippen molar-refractivity contribution in [3.05, 3.63) is 29.6 Å². The quantitative estimate of drug-likeness (QED) is 0.478. The molecular weight excluding hydrogens is 410 g/mol. The van der Waals surface area contributed by atoms with E-state index in [1.165, 1.54) is 25.3 Å². The summed E-state index contributed by atoms with van der Waals surface area (Å²) >= 11 is 0. The molecular formula is C19H27F4NO4Si. The van der Waals surface area contributed by atoms with Gasteiger partial charge in [-0.25, -0.2) is 9.18 Å². The fourth-order valence-electron chi connectivity index (χ4n) is 2.90. The van der Waals surface area contributed by atoms with Gasteiger partial charge in [0.05, 0.1) is 25.8 Å². The van der Waals surface area contributed by atoms with Crippen LogP contribution in [-0.2, 0) is 14.1 Å². The standard InChI is InChI=1S/C19H27F4NO4Si/c1-11(2)18(3,4)29-28-13-9-15(14-8-12(20)6-7-16(14)26-5)24(10-13)27-17(25)19(21,22)23/h6-8,11,13,15H,9-10,29H2,1-5H3. The lowest BCUT2D eigenvalue weighted by Gasteiger charge is -2.29. The molecule has 164 valence electrons. The number of alkyl halides is 3. The van der Waals surface area contributed by atoms with Gasteiger partial charge in [0.2, 0.25) is 0 Å². The molecule has 0 amide bonds. The van der Waals surface area contributed by atoms with Crippen molar-refractivity contribution in [1.82, 2.24) is 5.06 Å². The number of carbonyl (C=O) groups is 1. The van der Waals surface area contributed by atoms with Crippen LogP contribution in [0.2, 0.25) is 5.04 Å². The van der Waals surface area contributed by atoms with Crippen LogP contribution < -0.4 is 4.74 Å². The SMILES string of the molecule is COc1ccc(F)cc1C1CC(O[SiH2]C(C)(C)C(C)C)CN1OC(=O)C(F)(F)F. The molecule has 1 aliphatic rings. The van der Waals surface area contributed by atoms with Crippen LogP contribution in [-0.4, -0.2) is 46.7 Å². The minimum absolute atomic E-state index is 0.0118. The Hall–Kier alpha value is -1.65. The number of ether oxygens (including phenoxy) is 1. The molecule has 1 aliphatic heterocycles. The molecule has 0 bridgehead atoms. The fraction of sp³-hybridized carbons (Fsp3) is 0.632. The maximum atomic E-state index is 13.8. The molecule has 1 aromatic rings. The highest BCUT2D eigenvalue weighted by Crippen LogP contribution is 2.40. The number of benzene rings is 1.